The van der Waals surface area contributed by atoms with Gasteiger partial charge in [-0.25, -0.2) is 0 Å². The van der Waals surface area contributed by atoms with Gasteiger partial charge >= 0.3 is 0 Å². The van der Waals surface area contributed by atoms with Crippen LogP contribution >= 0.6 is 0 Å². The molecule has 0 radical (unpaired) electrons. The van der Waals surface area contributed by atoms with E-state index in [0.29, 0.717) is 0 Å². The van der Waals surface area contributed by atoms with E-state index in [4.69, 9.17) is 0 Å². The SMILES string of the molecule is CCC1CC1CCC(CC)C(C)C(C)C. The number of hydrogen-bond donors (Lipinski definition) is 0. The third-order valence-corrected chi connectivity index (χ3v) is 4.82. The van der Waals surface area contributed by atoms with Gasteiger partial charge in [-0.15, -0.1) is 0 Å². The van der Waals surface area contributed by atoms with Crippen molar-refractivity contribution in [3.63, 3.8) is 0 Å². The molecule has 1 saturated carbocycles. The Morgan fingerprint density at radius 3 is 2.13 bits per heavy atom. The van der Waals surface area contributed by atoms with Crippen molar-refractivity contribution < 1.29 is 0 Å². The van der Waals surface area contributed by atoms with Crippen molar-refractivity contribution in [2.24, 2.45) is 29.6 Å². The Bertz CT molecular complexity index is 171. The van der Waals surface area contributed by atoms with Gasteiger partial charge in [-0.1, -0.05) is 47.5 Å². The standard InChI is InChI=1S/C15H30/c1-6-13(12(5)11(3)4)8-9-15-10-14(15)7-2/h11-15H,6-10H2,1-5H3. The second-order valence-electron chi connectivity index (χ2n) is 6.01. The smallest absolute Gasteiger partial charge is 0.0383 e. The Labute approximate surface area is 96.8 Å². The fourth-order valence-corrected chi connectivity index (χ4v) is 2.98. The first kappa shape index (κ1) is 13.1. The van der Waals surface area contributed by atoms with Gasteiger partial charge < -0.3 is 0 Å². The summed E-state index contributed by atoms with van der Waals surface area (Å²) in [5, 5.41) is 0. The molecule has 0 amide bonds. The summed E-state index contributed by atoms with van der Waals surface area (Å²) in [5.74, 6) is 4.94. The van der Waals surface area contributed by atoms with E-state index in [0.717, 1.165) is 29.6 Å². The van der Waals surface area contributed by atoms with Crippen molar-refractivity contribution in [1.82, 2.24) is 0 Å². The van der Waals surface area contributed by atoms with Crippen molar-refractivity contribution in [1.29, 1.82) is 0 Å². The zero-order chi connectivity index (χ0) is 11.4. The summed E-state index contributed by atoms with van der Waals surface area (Å²) in [6, 6.07) is 0. The van der Waals surface area contributed by atoms with Gasteiger partial charge in [0.2, 0.25) is 0 Å². The predicted molar refractivity (Wildman–Crippen MR) is 68.9 cm³/mol. The number of rotatable bonds is 7. The summed E-state index contributed by atoms with van der Waals surface area (Å²) in [4.78, 5) is 0. The van der Waals surface area contributed by atoms with E-state index in [1.165, 1.54) is 32.1 Å². The van der Waals surface area contributed by atoms with Crippen LogP contribution in [0.15, 0.2) is 0 Å². The maximum atomic E-state index is 2.45. The fourth-order valence-electron chi connectivity index (χ4n) is 2.98. The minimum atomic E-state index is 0.858. The molecule has 90 valence electrons. The topological polar surface area (TPSA) is 0 Å². The van der Waals surface area contributed by atoms with Crippen LogP contribution in [0, 0.1) is 29.6 Å². The molecule has 0 aliphatic heterocycles. The van der Waals surface area contributed by atoms with E-state index in [1.807, 2.05) is 0 Å². The molecular weight excluding hydrogens is 180 g/mol. The highest BCUT2D eigenvalue weighted by molar-refractivity contribution is 4.85. The molecular formula is C15H30. The molecule has 15 heavy (non-hydrogen) atoms. The van der Waals surface area contributed by atoms with Crippen molar-refractivity contribution in [3.05, 3.63) is 0 Å². The lowest BCUT2D eigenvalue weighted by Gasteiger charge is -2.26. The van der Waals surface area contributed by atoms with Gasteiger partial charge in [-0.3, -0.25) is 0 Å². The average molecular weight is 210 g/mol. The molecule has 1 rings (SSSR count). The molecule has 1 aliphatic rings. The van der Waals surface area contributed by atoms with E-state index in [2.05, 4.69) is 34.6 Å². The first-order valence-corrected chi connectivity index (χ1v) is 7.10. The van der Waals surface area contributed by atoms with Crippen LogP contribution < -0.4 is 0 Å². The molecule has 4 unspecified atom stereocenters. The monoisotopic (exact) mass is 210 g/mol. The minimum Gasteiger partial charge on any atom is -0.0651 e. The molecule has 1 fully saturated rings. The Balaban J connectivity index is 2.22. The van der Waals surface area contributed by atoms with Crippen LogP contribution in [0.25, 0.3) is 0 Å². The predicted octanol–water partition coefficient (Wildman–Crippen LogP) is 5.13. The van der Waals surface area contributed by atoms with Gasteiger partial charge in [0.25, 0.3) is 0 Å². The molecule has 0 aromatic rings. The summed E-state index contributed by atoms with van der Waals surface area (Å²) in [7, 11) is 0. The summed E-state index contributed by atoms with van der Waals surface area (Å²) in [6.07, 6.45) is 7.32. The fraction of sp³-hybridized carbons (Fsp3) is 1.00. The first-order valence-electron chi connectivity index (χ1n) is 7.10. The Morgan fingerprint density at radius 1 is 1.07 bits per heavy atom. The molecule has 0 heteroatoms. The highest BCUT2D eigenvalue weighted by atomic mass is 14.4. The highest BCUT2D eigenvalue weighted by Gasteiger charge is 2.35. The quantitative estimate of drug-likeness (QED) is 0.546. The molecule has 0 spiro atoms. The average Bonchev–Trinajstić information content (AvgIpc) is 2.97. The van der Waals surface area contributed by atoms with Crippen LogP contribution in [0.4, 0.5) is 0 Å². The minimum absolute atomic E-state index is 0.858. The van der Waals surface area contributed by atoms with Gasteiger partial charge in [-0.2, -0.15) is 0 Å². The van der Waals surface area contributed by atoms with Gasteiger partial charge in [0.05, 0.1) is 0 Å². The van der Waals surface area contributed by atoms with Crippen molar-refractivity contribution in [2.45, 2.75) is 66.7 Å². The van der Waals surface area contributed by atoms with E-state index in [-0.39, 0.29) is 0 Å². The van der Waals surface area contributed by atoms with Gasteiger partial charge in [0.1, 0.15) is 0 Å². The Hall–Kier alpha value is 0. The van der Waals surface area contributed by atoms with Crippen LogP contribution in [-0.4, -0.2) is 0 Å². The second-order valence-corrected chi connectivity index (χ2v) is 6.01. The van der Waals surface area contributed by atoms with Crippen LogP contribution in [-0.2, 0) is 0 Å². The molecule has 0 saturated heterocycles. The molecule has 0 aromatic carbocycles. The molecule has 0 N–H and O–H groups in total. The van der Waals surface area contributed by atoms with Gasteiger partial charge in [-0.05, 0) is 48.9 Å². The summed E-state index contributed by atoms with van der Waals surface area (Å²) < 4.78 is 0. The Morgan fingerprint density at radius 2 is 1.73 bits per heavy atom. The molecule has 0 heterocycles. The maximum Gasteiger partial charge on any atom is -0.0383 e. The zero-order valence-electron chi connectivity index (χ0n) is 11.4. The third kappa shape index (κ3) is 3.81. The molecule has 0 bridgehead atoms. The second kappa shape index (κ2) is 5.92. The van der Waals surface area contributed by atoms with E-state index in [1.54, 1.807) is 0 Å². The first-order chi connectivity index (χ1) is 7.10. The van der Waals surface area contributed by atoms with E-state index < -0.39 is 0 Å². The largest absolute Gasteiger partial charge is 0.0651 e. The van der Waals surface area contributed by atoms with Gasteiger partial charge in [0, 0.05) is 0 Å². The van der Waals surface area contributed by atoms with Crippen LogP contribution in [0.2, 0.25) is 0 Å². The summed E-state index contributed by atoms with van der Waals surface area (Å²) >= 11 is 0. The summed E-state index contributed by atoms with van der Waals surface area (Å²) in [6.45, 7) is 11.9. The normalized spacial score (nSPS) is 29.2. The van der Waals surface area contributed by atoms with Crippen molar-refractivity contribution in [2.75, 3.05) is 0 Å². The van der Waals surface area contributed by atoms with Crippen molar-refractivity contribution >= 4 is 0 Å². The lowest BCUT2D eigenvalue weighted by atomic mass is 9.80. The molecule has 0 nitrogen and oxygen atoms in total. The lowest BCUT2D eigenvalue weighted by molar-refractivity contribution is 0.246. The maximum absolute atomic E-state index is 2.45. The van der Waals surface area contributed by atoms with Gasteiger partial charge in [0.15, 0.2) is 0 Å². The van der Waals surface area contributed by atoms with Crippen LogP contribution in [0.3, 0.4) is 0 Å². The Kier molecular flexibility index (Phi) is 5.15. The van der Waals surface area contributed by atoms with Crippen LogP contribution in [0.1, 0.15) is 66.7 Å². The third-order valence-electron chi connectivity index (χ3n) is 4.82. The lowest BCUT2D eigenvalue weighted by Crippen LogP contribution is -2.16. The zero-order valence-corrected chi connectivity index (χ0v) is 11.4. The molecule has 1 aliphatic carbocycles. The van der Waals surface area contributed by atoms with E-state index >= 15 is 0 Å². The molecule has 4 atom stereocenters. The van der Waals surface area contributed by atoms with Crippen molar-refractivity contribution in [3.8, 4) is 0 Å². The number of hydrogen-bond acceptors (Lipinski definition) is 0. The summed E-state index contributed by atoms with van der Waals surface area (Å²) in [5.41, 5.74) is 0. The highest BCUT2D eigenvalue weighted by Crippen LogP contribution is 2.45. The van der Waals surface area contributed by atoms with Crippen LogP contribution in [0.5, 0.6) is 0 Å². The van der Waals surface area contributed by atoms with E-state index in [9.17, 15) is 0 Å². The molecule has 0 aromatic heterocycles.